The molecule has 0 amide bonds. The number of aryl methyl sites for hydroxylation is 4. The van der Waals surface area contributed by atoms with E-state index < -0.39 is 0 Å². The number of fused-ring (bicyclic) bond motifs is 1. The molecule has 27 heavy (non-hydrogen) atoms. The standard InChI is InChI=1S/C22H30N4O/c1-8-9-23-22-24-20-19(21(27)26(22)13(2)3)17(12-25(20)7)18-15(5)10-14(4)11-16(18)6/h10-13H,8-9H2,1-7H3,(H,23,24). The van der Waals surface area contributed by atoms with Gasteiger partial charge in [0, 0.05) is 31.4 Å². The van der Waals surface area contributed by atoms with Gasteiger partial charge in [-0.25, -0.2) is 0 Å². The van der Waals surface area contributed by atoms with Crippen LogP contribution in [-0.2, 0) is 7.05 Å². The molecule has 5 heteroatoms. The minimum Gasteiger partial charge on any atom is -0.356 e. The molecule has 0 radical (unpaired) electrons. The van der Waals surface area contributed by atoms with E-state index >= 15 is 0 Å². The molecule has 0 atom stereocenters. The van der Waals surface area contributed by atoms with Gasteiger partial charge in [-0.1, -0.05) is 24.6 Å². The molecule has 0 spiro atoms. The Labute approximate surface area is 161 Å². The van der Waals surface area contributed by atoms with Crippen LogP contribution in [0, 0.1) is 20.8 Å². The van der Waals surface area contributed by atoms with E-state index in [0.29, 0.717) is 11.3 Å². The fourth-order valence-electron chi connectivity index (χ4n) is 3.97. The van der Waals surface area contributed by atoms with E-state index in [-0.39, 0.29) is 11.6 Å². The van der Waals surface area contributed by atoms with Gasteiger partial charge < -0.3 is 9.88 Å². The van der Waals surface area contributed by atoms with Crippen LogP contribution in [-0.4, -0.2) is 20.7 Å². The molecule has 0 saturated heterocycles. The maximum Gasteiger partial charge on any atom is 0.265 e. The fourth-order valence-corrected chi connectivity index (χ4v) is 3.97. The van der Waals surface area contributed by atoms with E-state index in [1.807, 2.05) is 31.7 Å². The lowest BCUT2D eigenvalue weighted by molar-refractivity contribution is 0.578. The van der Waals surface area contributed by atoms with Gasteiger partial charge in [0.2, 0.25) is 5.95 Å². The summed E-state index contributed by atoms with van der Waals surface area (Å²) in [5.41, 5.74) is 6.45. The second kappa shape index (κ2) is 7.22. The number of hydrogen-bond donors (Lipinski definition) is 1. The number of aromatic nitrogens is 3. The minimum absolute atomic E-state index is 0.0172. The summed E-state index contributed by atoms with van der Waals surface area (Å²) in [7, 11) is 1.96. The Morgan fingerprint density at radius 2 is 1.78 bits per heavy atom. The number of nitrogens with zero attached hydrogens (tertiary/aromatic N) is 3. The van der Waals surface area contributed by atoms with Crippen molar-refractivity contribution in [1.29, 1.82) is 0 Å². The van der Waals surface area contributed by atoms with Crippen molar-refractivity contribution >= 4 is 17.0 Å². The molecule has 1 N–H and O–H groups in total. The van der Waals surface area contributed by atoms with Crippen LogP contribution in [0.4, 0.5) is 5.95 Å². The van der Waals surface area contributed by atoms with Crippen molar-refractivity contribution in [2.75, 3.05) is 11.9 Å². The lowest BCUT2D eigenvalue weighted by Gasteiger charge is -2.17. The quantitative estimate of drug-likeness (QED) is 0.710. The van der Waals surface area contributed by atoms with Gasteiger partial charge in [0.15, 0.2) is 0 Å². The zero-order valence-corrected chi connectivity index (χ0v) is 17.5. The summed E-state index contributed by atoms with van der Waals surface area (Å²) in [5, 5.41) is 4.02. The van der Waals surface area contributed by atoms with Gasteiger partial charge in [0.05, 0.1) is 5.39 Å². The molecule has 0 fully saturated rings. The van der Waals surface area contributed by atoms with Crippen molar-refractivity contribution < 1.29 is 0 Å². The Morgan fingerprint density at radius 3 is 2.33 bits per heavy atom. The molecule has 0 aliphatic carbocycles. The SMILES string of the molecule is CCCNc1nc2c(c(-c3c(C)cc(C)cc3C)cn2C)c(=O)n1C(C)C. The molecule has 3 aromatic rings. The third kappa shape index (κ3) is 3.27. The molecular formula is C22H30N4O. The molecule has 0 unspecified atom stereocenters. The van der Waals surface area contributed by atoms with Crippen molar-refractivity contribution in [2.45, 2.75) is 54.0 Å². The van der Waals surface area contributed by atoms with Crippen molar-refractivity contribution in [3.05, 3.63) is 45.4 Å². The van der Waals surface area contributed by atoms with Crippen LogP contribution in [0.3, 0.4) is 0 Å². The molecule has 3 rings (SSSR count). The Hall–Kier alpha value is -2.56. The predicted molar refractivity (Wildman–Crippen MR) is 114 cm³/mol. The van der Waals surface area contributed by atoms with Crippen molar-refractivity contribution in [1.82, 2.24) is 14.1 Å². The summed E-state index contributed by atoms with van der Waals surface area (Å²) in [6.45, 7) is 13.3. The molecule has 2 aromatic heterocycles. The first kappa shape index (κ1) is 19.2. The van der Waals surface area contributed by atoms with Gasteiger partial charge in [0.25, 0.3) is 5.56 Å². The first-order valence-corrected chi connectivity index (χ1v) is 9.69. The molecule has 0 aliphatic rings. The van der Waals surface area contributed by atoms with E-state index in [1.54, 1.807) is 4.57 Å². The smallest absolute Gasteiger partial charge is 0.265 e. The lowest BCUT2D eigenvalue weighted by atomic mass is 9.94. The van der Waals surface area contributed by atoms with Crippen LogP contribution in [0.25, 0.3) is 22.2 Å². The first-order chi connectivity index (χ1) is 12.8. The summed E-state index contributed by atoms with van der Waals surface area (Å²) >= 11 is 0. The highest BCUT2D eigenvalue weighted by atomic mass is 16.1. The molecule has 144 valence electrons. The van der Waals surface area contributed by atoms with Gasteiger partial charge in [-0.2, -0.15) is 4.98 Å². The lowest BCUT2D eigenvalue weighted by Crippen LogP contribution is -2.27. The van der Waals surface area contributed by atoms with Crippen molar-refractivity contribution in [3.8, 4) is 11.1 Å². The van der Waals surface area contributed by atoms with E-state index in [9.17, 15) is 4.79 Å². The molecule has 5 nitrogen and oxygen atoms in total. The molecule has 1 aromatic carbocycles. The molecule has 0 bridgehead atoms. The Morgan fingerprint density at radius 1 is 1.15 bits per heavy atom. The maximum atomic E-state index is 13.5. The molecule has 0 aliphatic heterocycles. The number of hydrogen-bond acceptors (Lipinski definition) is 3. The predicted octanol–water partition coefficient (Wildman–Crippen LogP) is 4.73. The van der Waals surface area contributed by atoms with Gasteiger partial charge in [-0.15, -0.1) is 0 Å². The van der Waals surface area contributed by atoms with E-state index in [1.165, 1.54) is 16.7 Å². The molecule has 2 heterocycles. The van der Waals surface area contributed by atoms with Crippen molar-refractivity contribution in [2.24, 2.45) is 7.05 Å². The highest BCUT2D eigenvalue weighted by Crippen LogP contribution is 2.33. The zero-order chi connectivity index (χ0) is 19.9. The van der Waals surface area contributed by atoms with Crippen LogP contribution in [0.15, 0.2) is 23.1 Å². The maximum absolute atomic E-state index is 13.5. The summed E-state index contributed by atoms with van der Waals surface area (Å²) in [4.78, 5) is 18.4. The number of nitrogens with one attached hydrogen (secondary N) is 1. The highest BCUT2D eigenvalue weighted by molar-refractivity contribution is 5.95. The summed E-state index contributed by atoms with van der Waals surface area (Å²) in [6, 6.07) is 4.38. The topological polar surface area (TPSA) is 51.9 Å². The fraction of sp³-hybridized carbons (Fsp3) is 0.455. The number of benzene rings is 1. The van der Waals surface area contributed by atoms with Gasteiger partial charge in [-0.3, -0.25) is 9.36 Å². The normalized spacial score (nSPS) is 11.6. The van der Waals surface area contributed by atoms with Crippen LogP contribution in [0.2, 0.25) is 0 Å². The van der Waals surface area contributed by atoms with Crippen molar-refractivity contribution in [3.63, 3.8) is 0 Å². The van der Waals surface area contributed by atoms with Gasteiger partial charge >= 0.3 is 0 Å². The number of rotatable bonds is 5. The monoisotopic (exact) mass is 366 g/mol. The summed E-state index contributed by atoms with van der Waals surface area (Å²) < 4.78 is 3.74. The zero-order valence-electron chi connectivity index (χ0n) is 17.5. The second-order valence-electron chi connectivity index (χ2n) is 7.76. The molecule has 0 saturated carbocycles. The highest BCUT2D eigenvalue weighted by Gasteiger charge is 2.21. The van der Waals surface area contributed by atoms with Gasteiger partial charge in [-0.05, 0) is 57.7 Å². The van der Waals surface area contributed by atoms with E-state index in [2.05, 4.69) is 45.1 Å². The summed E-state index contributed by atoms with van der Waals surface area (Å²) in [5.74, 6) is 0.648. The van der Waals surface area contributed by atoms with Crippen LogP contribution in [0.1, 0.15) is 49.9 Å². The average Bonchev–Trinajstić information content (AvgIpc) is 2.88. The molecular weight excluding hydrogens is 336 g/mol. The Bertz CT molecular complexity index is 1030. The summed E-state index contributed by atoms with van der Waals surface area (Å²) in [6.07, 6.45) is 3.02. The Kier molecular flexibility index (Phi) is 5.13. The second-order valence-corrected chi connectivity index (χ2v) is 7.76. The van der Waals surface area contributed by atoms with Gasteiger partial charge in [0.1, 0.15) is 5.65 Å². The number of anilines is 1. The largest absolute Gasteiger partial charge is 0.356 e. The van der Waals surface area contributed by atoms with Crippen LogP contribution >= 0.6 is 0 Å². The average molecular weight is 367 g/mol. The van der Waals surface area contributed by atoms with E-state index in [0.717, 1.165) is 29.7 Å². The van der Waals surface area contributed by atoms with Crippen LogP contribution in [0.5, 0.6) is 0 Å². The van der Waals surface area contributed by atoms with E-state index in [4.69, 9.17) is 4.98 Å². The van der Waals surface area contributed by atoms with Crippen LogP contribution < -0.4 is 10.9 Å². The third-order valence-electron chi connectivity index (χ3n) is 5.02. The minimum atomic E-state index is 0.0172. The third-order valence-corrected chi connectivity index (χ3v) is 5.02. The Balaban J connectivity index is 2.38. The first-order valence-electron chi connectivity index (χ1n) is 9.69.